The highest BCUT2D eigenvalue weighted by molar-refractivity contribution is 6.30. The molecule has 1 nitrogen and oxygen atoms in total. The van der Waals surface area contributed by atoms with Gasteiger partial charge in [-0.05, 0) is 46.9 Å². The highest BCUT2D eigenvalue weighted by Gasteiger charge is 2.12. The van der Waals surface area contributed by atoms with Gasteiger partial charge in [-0.1, -0.05) is 66.2 Å². The Balaban J connectivity index is 1.96. The summed E-state index contributed by atoms with van der Waals surface area (Å²) in [7, 11) is 0. The molecule has 3 aromatic carbocycles. The molecule has 0 amide bonds. The lowest BCUT2D eigenvalue weighted by molar-refractivity contribution is 0.220. The molecule has 3 heteroatoms. The largest absolute Gasteiger partial charge is 0.384 e. The van der Waals surface area contributed by atoms with Gasteiger partial charge in [0.2, 0.25) is 0 Å². The molecule has 0 aliphatic rings. The lowest BCUT2D eigenvalue weighted by atomic mass is 9.94. The Kier molecular flexibility index (Phi) is 4.46. The highest BCUT2D eigenvalue weighted by Crippen LogP contribution is 2.30. The number of aliphatic hydroxyl groups is 1. The van der Waals surface area contributed by atoms with Crippen molar-refractivity contribution < 1.29 is 9.50 Å². The van der Waals surface area contributed by atoms with Crippen molar-refractivity contribution in [1.82, 2.24) is 0 Å². The number of hydrogen-bond donors (Lipinski definition) is 1. The zero-order chi connectivity index (χ0) is 16.4. The fraction of sp³-hybridized carbons (Fsp3) is 0.100. The van der Waals surface area contributed by atoms with Gasteiger partial charge in [-0.15, -0.1) is 0 Å². The van der Waals surface area contributed by atoms with Crippen molar-refractivity contribution in [2.24, 2.45) is 0 Å². The maximum atomic E-state index is 13.7. The Morgan fingerprint density at radius 3 is 2.30 bits per heavy atom. The van der Waals surface area contributed by atoms with E-state index in [1.807, 2.05) is 55.5 Å². The minimum atomic E-state index is -0.675. The van der Waals surface area contributed by atoms with Crippen LogP contribution >= 0.6 is 11.6 Å². The first-order valence-corrected chi connectivity index (χ1v) is 7.73. The second-order valence-electron chi connectivity index (χ2n) is 5.52. The van der Waals surface area contributed by atoms with Crippen molar-refractivity contribution in [1.29, 1.82) is 0 Å². The average molecular weight is 327 g/mol. The number of benzene rings is 3. The topological polar surface area (TPSA) is 20.2 Å². The minimum Gasteiger partial charge on any atom is -0.384 e. The maximum Gasteiger partial charge on any atom is 0.142 e. The predicted octanol–water partition coefficient (Wildman–Crippen LogP) is 5.54. The predicted molar refractivity (Wildman–Crippen MR) is 92.1 cm³/mol. The monoisotopic (exact) mass is 326 g/mol. The molecule has 23 heavy (non-hydrogen) atoms. The normalized spacial score (nSPS) is 12.2. The van der Waals surface area contributed by atoms with Gasteiger partial charge in [-0.3, -0.25) is 0 Å². The number of aryl methyl sites for hydroxylation is 1. The lowest BCUT2D eigenvalue weighted by Crippen LogP contribution is -2.00. The van der Waals surface area contributed by atoms with E-state index < -0.39 is 11.9 Å². The van der Waals surface area contributed by atoms with E-state index in [2.05, 4.69) is 0 Å². The van der Waals surface area contributed by atoms with Crippen molar-refractivity contribution in [3.8, 4) is 11.1 Å². The van der Waals surface area contributed by atoms with E-state index >= 15 is 0 Å². The third kappa shape index (κ3) is 3.29. The van der Waals surface area contributed by atoms with Crippen LogP contribution in [0.1, 0.15) is 22.8 Å². The fourth-order valence-electron chi connectivity index (χ4n) is 2.67. The van der Waals surface area contributed by atoms with Crippen LogP contribution in [-0.2, 0) is 0 Å². The van der Waals surface area contributed by atoms with Crippen molar-refractivity contribution in [2.45, 2.75) is 13.0 Å². The summed E-state index contributed by atoms with van der Waals surface area (Å²) in [6.07, 6.45) is -0.675. The molecule has 0 heterocycles. The summed E-state index contributed by atoms with van der Waals surface area (Å²) in [4.78, 5) is 0. The molecule has 0 aromatic heterocycles. The van der Waals surface area contributed by atoms with Gasteiger partial charge < -0.3 is 5.11 Å². The van der Waals surface area contributed by atoms with E-state index in [0.717, 1.165) is 27.8 Å². The van der Waals surface area contributed by atoms with Gasteiger partial charge >= 0.3 is 0 Å². The van der Waals surface area contributed by atoms with Gasteiger partial charge in [0.05, 0.1) is 5.02 Å². The summed E-state index contributed by atoms with van der Waals surface area (Å²) in [5.74, 6) is -0.433. The van der Waals surface area contributed by atoms with Gasteiger partial charge in [0, 0.05) is 0 Å². The molecule has 0 aliphatic heterocycles. The smallest absolute Gasteiger partial charge is 0.142 e. The first kappa shape index (κ1) is 15.7. The number of halogens is 2. The Morgan fingerprint density at radius 2 is 1.65 bits per heavy atom. The van der Waals surface area contributed by atoms with Crippen molar-refractivity contribution in [3.63, 3.8) is 0 Å². The van der Waals surface area contributed by atoms with Crippen LogP contribution in [0.4, 0.5) is 4.39 Å². The molecule has 0 saturated carbocycles. The molecule has 0 fully saturated rings. The number of rotatable bonds is 3. The van der Waals surface area contributed by atoms with Crippen LogP contribution in [-0.4, -0.2) is 5.11 Å². The first-order valence-electron chi connectivity index (χ1n) is 7.35. The molecule has 1 unspecified atom stereocenters. The number of aliphatic hydroxyl groups excluding tert-OH is 1. The van der Waals surface area contributed by atoms with Crippen molar-refractivity contribution in [3.05, 3.63) is 94.3 Å². The SMILES string of the molecule is Cc1cc(C(O)c2ccccc2)ccc1-c1ccc(Cl)c(F)c1. The van der Waals surface area contributed by atoms with E-state index in [0.29, 0.717) is 0 Å². The van der Waals surface area contributed by atoms with Gasteiger partial charge in [0.1, 0.15) is 11.9 Å². The summed E-state index contributed by atoms with van der Waals surface area (Å²) < 4.78 is 13.7. The molecule has 3 rings (SSSR count). The van der Waals surface area contributed by atoms with E-state index in [1.165, 1.54) is 6.07 Å². The van der Waals surface area contributed by atoms with E-state index in [-0.39, 0.29) is 5.02 Å². The Bertz CT molecular complexity index is 830. The van der Waals surface area contributed by atoms with Gasteiger partial charge in [0.15, 0.2) is 0 Å². The van der Waals surface area contributed by atoms with Crippen LogP contribution in [0.2, 0.25) is 5.02 Å². The van der Waals surface area contributed by atoms with Crippen LogP contribution < -0.4 is 0 Å². The van der Waals surface area contributed by atoms with Crippen molar-refractivity contribution in [2.75, 3.05) is 0 Å². The summed E-state index contributed by atoms with van der Waals surface area (Å²) in [6, 6.07) is 20.0. The van der Waals surface area contributed by atoms with Gasteiger partial charge in [-0.2, -0.15) is 0 Å². The molecule has 3 aromatic rings. The molecule has 0 saturated heterocycles. The molecular weight excluding hydrogens is 311 g/mol. The van der Waals surface area contributed by atoms with E-state index in [9.17, 15) is 9.50 Å². The van der Waals surface area contributed by atoms with Crippen LogP contribution in [0.25, 0.3) is 11.1 Å². The van der Waals surface area contributed by atoms with Gasteiger partial charge in [-0.25, -0.2) is 4.39 Å². The third-order valence-electron chi connectivity index (χ3n) is 3.91. The van der Waals surface area contributed by atoms with Crippen molar-refractivity contribution >= 4 is 11.6 Å². The second kappa shape index (κ2) is 6.53. The molecule has 0 bridgehead atoms. The molecule has 0 radical (unpaired) electrons. The van der Waals surface area contributed by atoms with Crippen LogP contribution in [0.5, 0.6) is 0 Å². The minimum absolute atomic E-state index is 0.113. The van der Waals surface area contributed by atoms with E-state index in [4.69, 9.17) is 11.6 Å². The zero-order valence-electron chi connectivity index (χ0n) is 12.6. The Hall–Kier alpha value is -2.16. The molecule has 0 spiro atoms. The quantitative estimate of drug-likeness (QED) is 0.670. The molecular formula is C20H16ClFO. The summed E-state index contributed by atoms with van der Waals surface area (Å²) in [5.41, 5.74) is 4.32. The average Bonchev–Trinajstić information content (AvgIpc) is 2.57. The zero-order valence-corrected chi connectivity index (χ0v) is 13.4. The second-order valence-corrected chi connectivity index (χ2v) is 5.92. The highest BCUT2D eigenvalue weighted by atomic mass is 35.5. The van der Waals surface area contributed by atoms with Gasteiger partial charge in [0.25, 0.3) is 0 Å². The summed E-state index contributed by atoms with van der Waals surface area (Å²) in [6.45, 7) is 1.95. The summed E-state index contributed by atoms with van der Waals surface area (Å²) >= 11 is 5.73. The molecule has 0 aliphatic carbocycles. The Labute approximate surface area is 140 Å². The van der Waals surface area contributed by atoms with Crippen LogP contribution in [0, 0.1) is 12.7 Å². The summed E-state index contributed by atoms with van der Waals surface area (Å²) in [5, 5.41) is 10.6. The van der Waals surface area contributed by atoms with E-state index in [1.54, 1.807) is 12.1 Å². The molecule has 116 valence electrons. The molecule has 1 atom stereocenters. The molecule has 1 N–H and O–H groups in total. The lowest BCUT2D eigenvalue weighted by Gasteiger charge is -2.14. The maximum absolute atomic E-state index is 13.7. The Morgan fingerprint density at radius 1 is 0.913 bits per heavy atom. The fourth-order valence-corrected chi connectivity index (χ4v) is 2.79. The first-order chi connectivity index (χ1) is 11.1. The standard InChI is InChI=1S/C20H16ClFO/c1-13-11-16(20(23)14-5-3-2-4-6-14)7-9-17(13)15-8-10-18(21)19(22)12-15/h2-12,20,23H,1H3. The number of hydrogen-bond acceptors (Lipinski definition) is 1. The third-order valence-corrected chi connectivity index (χ3v) is 4.22. The van der Waals surface area contributed by atoms with Crippen LogP contribution in [0.3, 0.4) is 0 Å². The van der Waals surface area contributed by atoms with Crippen LogP contribution in [0.15, 0.2) is 66.7 Å².